The molecule has 0 N–H and O–H groups in total. The molecule has 1 atom stereocenters. The van der Waals surface area contributed by atoms with Crippen molar-refractivity contribution in [2.75, 3.05) is 20.1 Å². The largest absolute Gasteiger partial charge is 0.469 e. The van der Waals surface area contributed by atoms with Gasteiger partial charge in [0.1, 0.15) is 5.76 Å². The summed E-state index contributed by atoms with van der Waals surface area (Å²) in [7, 11) is 1.97. The van der Waals surface area contributed by atoms with Crippen LogP contribution in [0.25, 0.3) is 0 Å². The van der Waals surface area contributed by atoms with E-state index in [0.717, 1.165) is 38.1 Å². The van der Waals surface area contributed by atoms with E-state index in [-0.39, 0.29) is 5.91 Å². The van der Waals surface area contributed by atoms with Gasteiger partial charge in [0.2, 0.25) is 5.91 Å². The maximum Gasteiger partial charge on any atom is 0.223 e. The van der Waals surface area contributed by atoms with Crippen LogP contribution in [-0.2, 0) is 24.1 Å². The van der Waals surface area contributed by atoms with E-state index in [1.165, 1.54) is 17.5 Å². The molecule has 1 unspecified atom stereocenters. The van der Waals surface area contributed by atoms with Crippen molar-refractivity contribution in [2.45, 2.75) is 50.6 Å². The molecule has 0 spiro atoms. The fourth-order valence-corrected chi connectivity index (χ4v) is 4.49. The number of carbonyl (C=O) groups is 1. The van der Waals surface area contributed by atoms with Gasteiger partial charge >= 0.3 is 0 Å². The number of hydrogen-bond donors (Lipinski definition) is 0. The highest BCUT2D eigenvalue weighted by Crippen LogP contribution is 2.28. The molecule has 26 heavy (non-hydrogen) atoms. The van der Waals surface area contributed by atoms with Gasteiger partial charge in [-0.3, -0.25) is 9.69 Å². The van der Waals surface area contributed by atoms with E-state index in [4.69, 9.17) is 4.42 Å². The Morgan fingerprint density at radius 2 is 1.96 bits per heavy atom. The topological polar surface area (TPSA) is 36.7 Å². The van der Waals surface area contributed by atoms with Gasteiger partial charge in [-0.2, -0.15) is 0 Å². The van der Waals surface area contributed by atoms with Crippen molar-refractivity contribution >= 4 is 5.91 Å². The summed E-state index contributed by atoms with van der Waals surface area (Å²) in [5.41, 5.74) is 3.00. The zero-order valence-corrected chi connectivity index (χ0v) is 15.6. The Balaban J connectivity index is 1.32. The summed E-state index contributed by atoms with van der Waals surface area (Å²) in [6.07, 6.45) is 7.46. The van der Waals surface area contributed by atoms with Crippen molar-refractivity contribution in [2.24, 2.45) is 0 Å². The lowest BCUT2D eigenvalue weighted by atomic mass is 10.0. The Kier molecular flexibility index (Phi) is 5.11. The van der Waals surface area contributed by atoms with Crippen molar-refractivity contribution in [1.29, 1.82) is 0 Å². The number of likely N-dealkylation sites (N-methyl/N-ethyl adjacent to an activating group) is 1. The number of hydrogen-bond acceptors (Lipinski definition) is 3. The maximum absolute atomic E-state index is 12.6. The van der Waals surface area contributed by atoms with Gasteiger partial charge in [0.15, 0.2) is 0 Å². The zero-order chi connectivity index (χ0) is 17.9. The third-order valence-electron chi connectivity index (χ3n) is 6.08. The molecule has 2 aliphatic rings. The Hall–Kier alpha value is -2.07. The molecular weight excluding hydrogens is 324 g/mol. The highest BCUT2D eigenvalue weighted by molar-refractivity contribution is 5.76. The van der Waals surface area contributed by atoms with Gasteiger partial charge < -0.3 is 9.32 Å². The van der Waals surface area contributed by atoms with Crippen LogP contribution in [0.4, 0.5) is 0 Å². The molecule has 0 bridgehead atoms. The second-order valence-corrected chi connectivity index (χ2v) is 7.71. The SMILES string of the molecule is CN(C(=O)CCc1ccco1)C1CCCN(C2Cc3ccccc3C2)C1. The molecule has 1 amide bonds. The quantitative estimate of drug-likeness (QED) is 0.828. The van der Waals surface area contributed by atoms with Crippen molar-refractivity contribution in [3.8, 4) is 0 Å². The van der Waals surface area contributed by atoms with Gasteiger partial charge in [0.25, 0.3) is 0 Å². The maximum atomic E-state index is 12.6. The summed E-state index contributed by atoms with van der Waals surface area (Å²) < 4.78 is 5.35. The van der Waals surface area contributed by atoms with Crippen molar-refractivity contribution in [3.63, 3.8) is 0 Å². The van der Waals surface area contributed by atoms with Crippen LogP contribution in [0, 0.1) is 0 Å². The van der Waals surface area contributed by atoms with Crippen LogP contribution in [-0.4, -0.2) is 47.9 Å². The molecule has 1 saturated heterocycles. The van der Waals surface area contributed by atoms with Crippen LogP contribution >= 0.6 is 0 Å². The van der Waals surface area contributed by atoms with Gasteiger partial charge in [-0.25, -0.2) is 0 Å². The average Bonchev–Trinajstić information content (AvgIpc) is 3.35. The first kappa shape index (κ1) is 17.3. The summed E-state index contributed by atoms with van der Waals surface area (Å²) in [6, 6.07) is 13.6. The van der Waals surface area contributed by atoms with E-state index in [1.54, 1.807) is 6.26 Å². The standard InChI is InChI=1S/C22H28N2O2/c1-23(22(25)11-10-21-9-5-13-26-21)19-8-4-12-24(16-19)20-14-17-6-2-3-7-18(17)15-20/h2-3,5-7,9,13,19-20H,4,8,10-12,14-16H2,1H3. The highest BCUT2D eigenvalue weighted by atomic mass is 16.3. The fraction of sp³-hybridized carbons (Fsp3) is 0.500. The van der Waals surface area contributed by atoms with Crippen LogP contribution < -0.4 is 0 Å². The van der Waals surface area contributed by atoms with E-state index < -0.39 is 0 Å². The third-order valence-corrected chi connectivity index (χ3v) is 6.08. The molecule has 4 heteroatoms. The Morgan fingerprint density at radius 3 is 2.65 bits per heavy atom. The van der Waals surface area contributed by atoms with Crippen molar-refractivity contribution < 1.29 is 9.21 Å². The number of fused-ring (bicyclic) bond motifs is 1. The fourth-order valence-electron chi connectivity index (χ4n) is 4.49. The number of furan rings is 1. The van der Waals surface area contributed by atoms with Crippen LogP contribution in [0.15, 0.2) is 47.1 Å². The minimum Gasteiger partial charge on any atom is -0.469 e. The van der Waals surface area contributed by atoms with E-state index in [0.29, 0.717) is 24.9 Å². The zero-order valence-electron chi connectivity index (χ0n) is 15.6. The molecule has 2 aromatic rings. The predicted octanol–water partition coefficient (Wildman–Crippen LogP) is 3.30. The second-order valence-electron chi connectivity index (χ2n) is 7.71. The van der Waals surface area contributed by atoms with E-state index in [2.05, 4.69) is 29.2 Å². The normalized spacial score (nSPS) is 20.9. The molecule has 1 aromatic carbocycles. The number of carbonyl (C=O) groups excluding carboxylic acids is 1. The van der Waals surface area contributed by atoms with Gasteiger partial charge in [0.05, 0.1) is 6.26 Å². The molecular formula is C22H28N2O2. The number of amides is 1. The number of likely N-dealkylation sites (tertiary alicyclic amines) is 1. The first-order valence-corrected chi connectivity index (χ1v) is 9.79. The van der Waals surface area contributed by atoms with Crippen LogP contribution in [0.1, 0.15) is 36.1 Å². The number of nitrogens with zero attached hydrogens (tertiary/aromatic N) is 2. The predicted molar refractivity (Wildman–Crippen MR) is 102 cm³/mol. The Bertz CT molecular complexity index is 715. The molecule has 1 aliphatic carbocycles. The number of aryl methyl sites for hydroxylation is 1. The first-order chi connectivity index (χ1) is 12.7. The third kappa shape index (κ3) is 3.70. The lowest BCUT2D eigenvalue weighted by Crippen LogP contribution is -2.51. The van der Waals surface area contributed by atoms with Crippen molar-refractivity contribution in [3.05, 3.63) is 59.5 Å². The van der Waals surface area contributed by atoms with Crippen molar-refractivity contribution in [1.82, 2.24) is 9.80 Å². The molecule has 0 saturated carbocycles. The van der Waals surface area contributed by atoms with E-state index >= 15 is 0 Å². The molecule has 4 rings (SSSR count). The molecule has 1 aliphatic heterocycles. The molecule has 1 aromatic heterocycles. The average molecular weight is 352 g/mol. The Morgan fingerprint density at radius 1 is 1.19 bits per heavy atom. The van der Waals surface area contributed by atoms with E-state index in [1.807, 2.05) is 24.1 Å². The summed E-state index contributed by atoms with van der Waals surface area (Å²) in [5, 5.41) is 0. The van der Waals surface area contributed by atoms with Crippen LogP contribution in [0.2, 0.25) is 0 Å². The summed E-state index contributed by atoms with van der Waals surface area (Å²) >= 11 is 0. The number of rotatable bonds is 5. The number of benzene rings is 1. The molecule has 1 fully saturated rings. The molecule has 0 radical (unpaired) electrons. The molecule has 2 heterocycles. The van der Waals surface area contributed by atoms with Gasteiger partial charge in [-0.05, 0) is 55.5 Å². The molecule has 138 valence electrons. The minimum absolute atomic E-state index is 0.225. The van der Waals surface area contributed by atoms with Crippen LogP contribution in [0.5, 0.6) is 0 Å². The second kappa shape index (κ2) is 7.67. The van der Waals surface area contributed by atoms with E-state index in [9.17, 15) is 4.79 Å². The lowest BCUT2D eigenvalue weighted by molar-refractivity contribution is -0.133. The summed E-state index contributed by atoms with van der Waals surface area (Å²) in [6.45, 7) is 2.16. The number of piperidine rings is 1. The molecule has 4 nitrogen and oxygen atoms in total. The highest BCUT2D eigenvalue weighted by Gasteiger charge is 2.32. The Labute approximate surface area is 155 Å². The smallest absolute Gasteiger partial charge is 0.223 e. The first-order valence-electron chi connectivity index (χ1n) is 9.79. The summed E-state index contributed by atoms with van der Waals surface area (Å²) in [5.74, 6) is 1.11. The van der Waals surface area contributed by atoms with Gasteiger partial charge in [0, 0.05) is 38.5 Å². The van der Waals surface area contributed by atoms with Gasteiger partial charge in [-0.1, -0.05) is 24.3 Å². The van der Waals surface area contributed by atoms with Crippen LogP contribution in [0.3, 0.4) is 0 Å². The monoisotopic (exact) mass is 352 g/mol. The lowest BCUT2D eigenvalue weighted by Gasteiger charge is -2.40. The van der Waals surface area contributed by atoms with Gasteiger partial charge in [-0.15, -0.1) is 0 Å². The summed E-state index contributed by atoms with van der Waals surface area (Å²) in [4.78, 5) is 17.2. The minimum atomic E-state index is 0.225.